The van der Waals surface area contributed by atoms with Gasteiger partial charge in [-0.05, 0) is 11.4 Å². The number of morpholine rings is 1. The maximum Gasteiger partial charge on any atom is 0.240 e. The Morgan fingerprint density at radius 3 is 3.11 bits per heavy atom. The molecule has 3 rings (SSSR count). The van der Waals surface area contributed by atoms with E-state index in [-0.39, 0.29) is 30.5 Å². The van der Waals surface area contributed by atoms with Crippen molar-refractivity contribution in [3.63, 3.8) is 0 Å². The van der Waals surface area contributed by atoms with E-state index in [4.69, 9.17) is 4.74 Å². The Bertz CT molecular complexity index is 410. The number of carbonyl (C=O) groups excluding carboxylic acids is 1. The molecule has 0 spiro atoms. The van der Waals surface area contributed by atoms with E-state index in [2.05, 4.69) is 16.8 Å². The zero-order chi connectivity index (χ0) is 12.4. The molecule has 1 N–H and O–H groups in total. The Kier molecular flexibility index (Phi) is 5.53. The van der Waals surface area contributed by atoms with Gasteiger partial charge in [0.1, 0.15) is 6.10 Å². The molecule has 3 heterocycles. The van der Waals surface area contributed by atoms with Gasteiger partial charge in [0.25, 0.3) is 0 Å². The van der Waals surface area contributed by atoms with Crippen molar-refractivity contribution < 1.29 is 9.53 Å². The molecule has 0 aromatic carbocycles. The van der Waals surface area contributed by atoms with E-state index in [1.807, 2.05) is 11.0 Å². The number of thioether (sulfide) groups is 1. The van der Waals surface area contributed by atoms with E-state index in [1.54, 1.807) is 23.1 Å². The molecule has 2 saturated heterocycles. The molecular formula is C12H17ClN2O2S2. The van der Waals surface area contributed by atoms with Crippen LogP contribution in [0.25, 0.3) is 0 Å². The molecule has 4 nitrogen and oxygen atoms in total. The molecule has 1 aromatic heterocycles. The fourth-order valence-electron chi connectivity index (χ4n) is 2.27. The summed E-state index contributed by atoms with van der Waals surface area (Å²) in [5.74, 6) is 2.00. The number of nitrogens with one attached hydrogen (secondary N) is 1. The number of halogens is 1. The Balaban J connectivity index is 0.00000133. The van der Waals surface area contributed by atoms with Gasteiger partial charge in [0, 0.05) is 23.1 Å². The molecule has 1 amide bonds. The number of ether oxygens (including phenoxy) is 1. The lowest BCUT2D eigenvalue weighted by Crippen LogP contribution is -2.49. The van der Waals surface area contributed by atoms with Crippen molar-refractivity contribution in [2.24, 2.45) is 0 Å². The number of hydrogen-bond acceptors (Lipinski definition) is 5. The highest BCUT2D eigenvalue weighted by molar-refractivity contribution is 7.99. The van der Waals surface area contributed by atoms with Crippen LogP contribution in [0.1, 0.15) is 11.0 Å². The van der Waals surface area contributed by atoms with Crippen LogP contribution in [0.2, 0.25) is 0 Å². The molecule has 2 aliphatic heterocycles. The average molecular weight is 321 g/mol. The summed E-state index contributed by atoms with van der Waals surface area (Å²) in [6.07, 6.45) is 0.0526. The summed E-state index contributed by atoms with van der Waals surface area (Å²) in [6, 6.07) is 4.10. The quantitative estimate of drug-likeness (QED) is 0.901. The first-order valence-corrected chi connectivity index (χ1v) is 8.13. The molecule has 0 saturated carbocycles. The molecule has 2 aliphatic rings. The second-order valence-electron chi connectivity index (χ2n) is 4.43. The van der Waals surface area contributed by atoms with Gasteiger partial charge in [-0.25, -0.2) is 0 Å². The highest BCUT2D eigenvalue weighted by Gasteiger charge is 2.31. The van der Waals surface area contributed by atoms with Crippen molar-refractivity contribution in [1.82, 2.24) is 10.2 Å². The van der Waals surface area contributed by atoms with Crippen LogP contribution in [-0.2, 0) is 9.53 Å². The summed E-state index contributed by atoms with van der Waals surface area (Å²) in [5.41, 5.74) is 0. The van der Waals surface area contributed by atoms with Gasteiger partial charge < -0.3 is 9.64 Å². The van der Waals surface area contributed by atoms with E-state index in [9.17, 15) is 4.79 Å². The van der Waals surface area contributed by atoms with Crippen LogP contribution in [0.3, 0.4) is 0 Å². The molecule has 0 aliphatic carbocycles. The molecule has 106 valence electrons. The Labute approximate surface area is 127 Å². The van der Waals surface area contributed by atoms with Crippen LogP contribution < -0.4 is 5.32 Å². The number of carbonyl (C=O) groups is 1. The maximum atomic E-state index is 12.3. The molecule has 1 aromatic rings. The number of thiophene rings is 1. The normalized spacial score (nSPS) is 27.1. The molecular weight excluding hydrogens is 304 g/mol. The van der Waals surface area contributed by atoms with Crippen LogP contribution in [0, 0.1) is 0 Å². The predicted octanol–water partition coefficient (Wildman–Crippen LogP) is 1.73. The van der Waals surface area contributed by atoms with Crippen molar-refractivity contribution in [2.45, 2.75) is 12.1 Å². The minimum Gasteiger partial charge on any atom is -0.369 e. The third-order valence-corrected chi connectivity index (χ3v) is 5.16. The van der Waals surface area contributed by atoms with Crippen molar-refractivity contribution >= 4 is 41.4 Å². The van der Waals surface area contributed by atoms with E-state index in [0.29, 0.717) is 19.7 Å². The Morgan fingerprint density at radius 2 is 2.42 bits per heavy atom. The van der Waals surface area contributed by atoms with E-state index >= 15 is 0 Å². The number of hydrogen-bond donors (Lipinski definition) is 1. The van der Waals surface area contributed by atoms with Gasteiger partial charge in [-0.3, -0.25) is 10.1 Å². The summed E-state index contributed by atoms with van der Waals surface area (Å²) in [6.45, 7) is 2.03. The summed E-state index contributed by atoms with van der Waals surface area (Å²) in [4.78, 5) is 15.5. The third kappa shape index (κ3) is 3.44. The van der Waals surface area contributed by atoms with Crippen molar-refractivity contribution in [2.75, 3.05) is 31.3 Å². The summed E-state index contributed by atoms with van der Waals surface area (Å²) >= 11 is 3.48. The molecule has 0 bridgehead atoms. The van der Waals surface area contributed by atoms with E-state index < -0.39 is 0 Å². The molecule has 0 radical (unpaired) electrons. The lowest BCUT2D eigenvalue weighted by Gasteiger charge is -2.34. The van der Waals surface area contributed by atoms with E-state index in [1.165, 1.54) is 4.88 Å². The van der Waals surface area contributed by atoms with Crippen LogP contribution in [-0.4, -0.2) is 48.2 Å². The van der Waals surface area contributed by atoms with Gasteiger partial charge in [0.2, 0.25) is 5.91 Å². The zero-order valence-corrected chi connectivity index (χ0v) is 12.9. The highest BCUT2D eigenvalue weighted by atomic mass is 35.5. The summed E-state index contributed by atoms with van der Waals surface area (Å²) in [7, 11) is 0. The number of rotatable bonds is 2. The molecule has 2 fully saturated rings. The summed E-state index contributed by atoms with van der Waals surface area (Å²) < 4.78 is 5.76. The highest BCUT2D eigenvalue weighted by Crippen LogP contribution is 2.26. The van der Waals surface area contributed by atoms with Gasteiger partial charge >= 0.3 is 0 Å². The number of amides is 1. The standard InChI is InChI=1S/C12H16N2O2S2.ClH/c15-12(9-7-17-8-13-9)14-3-4-16-10(6-14)11-2-1-5-18-11;/h1-2,5,9-10,13H,3-4,6-8H2;1H. The second-order valence-corrected chi connectivity index (χ2v) is 6.44. The smallest absolute Gasteiger partial charge is 0.240 e. The minimum absolute atomic E-state index is 0. The zero-order valence-electron chi connectivity index (χ0n) is 10.4. The van der Waals surface area contributed by atoms with Gasteiger partial charge in [0.05, 0.1) is 19.2 Å². The van der Waals surface area contributed by atoms with E-state index in [0.717, 1.165) is 11.6 Å². The largest absolute Gasteiger partial charge is 0.369 e. The Hall–Kier alpha value is -0.270. The molecule has 2 atom stereocenters. The van der Waals surface area contributed by atoms with Crippen molar-refractivity contribution in [1.29, 1.82) is 0 Å². The van der Waals surface area contributed by atoms with Gasteiger partial charge in [-0.1, -0.05) is 6.07 Å². The first kappa shape index (κ1) is 15.1. The van der Waals surface area contributed by atoms with Gasteiger partial charge in [0.15, 0.2) is 0 Å². The molecule has 7 heteroatoms. The first-order chi connectivity index (χ1) is 8.84. The lowest BCUT2D eigenvalue weighted by molar-refractivity contribution is -0.140. The van der Waals surface area contributed by atoms with Crippen LogP contribution in [0.5, 0.6) is 0 Å². The fourth-order valence-corrected chi connectivity index (χ4v) is 3.97. The van der Waals surface area contributed by atoms with Crippen LogP contribution in [0.15, 0.2) is 17.5 Å². The van der Waals surface area contributed by atoms with Crippen LogP contribution >= 0.6 is 35.5 Å². The van der Waals surface area contributed by atoms with Crippen molar-refractivity contribution in [3.05, 3.63) is 22.4 Å². The first-order valence-electron chi connectivity index (χ1n) is 6.09. The molecule has 19 heavy (non-hydrogen) atoms. The second kappa shape index (κ2) is 6.95. The Morgan fingerprint density at radius 1 is 1.53 bits per heavy atom. The van der Waals surface area contributed by atoms with Crippen LogP contribution in [0.4, 0.5) is 0 Å². The van der Waals surface area contributed by atoms with Gasteiger partial charge in [-0.15, -0.1) is 35.5 Å². The fraction of sp³-hybridized carbons (Fsp3) is 0.583. The summed E-state index contributed by atoms with van der Waals surface area (Å²) in [5, 5.41) is 5.29. The predicted molar refractivity (Wildman–Crippen MR) is 81.1 cm³/mol. The minimum atomic E-state index is -0.00270. The SMILES string of the molecule is Cl.O=C(C1CSCN1)N1CCOC(c2cccs2)C1. The maximum absolute atomic E-state index is 12.3. The molecule has 2 unspecified atom stereocenters. The topological polar surface area (TPSA) is 41.6 Å². The average Bonchev–Trinajstić information content (AvgIpc) is 3.11. The van der Waals surface area contributed by atoms with Crippen molar-refractivity contribution in [3.8, 4) is 0 Å². The third-order valence-electron chi connectivity index (χ3n) is 3.25. The number of nitrogens with zero attached hydrogens (tertiary/aromatic N) is 1. The van der Waals surface area contributed by atoms with Gasteiger partial charge in [-0.2, -0.15) is 0 Å². The monoisotopic (exact) mass is 320 g/mol. The lowest BCUT2D eigenvalue weighted by atomic mass is 10.2.